The van der Waals surface area contributed by atoms with Crippen molar-refractivity contribution in [3.63, 3.8) is 0 Å². The van der Waals surface area contributed by atoms with Crippen LogP contribution < -0.4 is 4.90 Å². The Balaban J connectivity index is 1.79. The number of carbonyl (C=O) groups is 1. The SMILES string of the molecule is CSc1cccc(C(=O)N(Cc2ccccc2)c2nc3ccc(S(C)(=O)=O)cc3s2)c1. The topological polar surface area (TPSA) is 67.3 Å². The van der Waals surface area contributed by atoms with Crippen LogP contribution in [-0.2, 0) is 16.4 Å². The highest BCUT2D eigenvalue weighted by molar-refractivity contribution is 7.98. The Kier molecular flexibility index (Phi) is 6.13. The molecule has 0 fully saturated rings. The zero-order chi connectivity index (χ0) is 22.0. The molecule has 1 heterocycles. The number of rotatable bonds is 6. The molecule has 158 valence electrons. The smallest absolute Gasteiger partial charge is 0.260 e. The van der Waals surface area contributed by atoms with Gasteiger partial charge in [0.2, 0.25) is 0 Å². The lowest BCUT2D eigenvalue weighted by atomic mass is 10.1. The molecule has 0 atom stereocenters. The molecular weight excluding hydrogens is 448 g/mol. The summed E-state index contributed by atoms with van der Waals surface area (Å²) in [6, 6.07) is 22.1. The fraction of sp³-hybridized carbons (Fsp3) is 0.130. The van der Waals surface area contributed by atoms with Crippen molar-refractivity contribution in [2.45, 2.75) is 16.3 Å². The minimum atomic E-state index is -3.32. The van der Waals surface area contributed by atoms with Crippen LogP contribution in [-0.4, -0.2) is 31.8 Å². The molecule has 1 aromatic heterocycles. The van der Waals surface area contributed by atoms with Crippen LogP contribution in [0.15, 0.2) is 82.6 Å². The van der Waals surface area contributed by atoms with Crippen LogP contribution in [0.4, 0.5) is 5.13 Å². The predicted molar refractivity (Wildman–Crippen MR) is 128 cm³/mol. The number of thioether (sulfide) groups is 1. The van der Waals surface area contributed by atoms with Gasteiger partial charge < -0.3 is 0 Å². The molecule has 8 heteroatoms. The molecule has 0 saturated heterocycles. The van der Waals surface area contributed by atoms with Crippen LogP contribution in [0.3, 0.4) is 0 Å². The van der Waals surface area contributed by atoms with Crippen molar-refractivity contribution in [3.05, 3.63) is 83.9 Å². The number of thiazole rings is 1. The molecular formula is C23H20N2O3S3. The highest BCUT2D eigenvalue weighted by Gasteiger charge is 2.22. The number of amides is 1. The van der Waals surface area contributed by atoms with Crippen LogP contribution in [0, 0.1) is 0 Å². The summed E-state index contributed by atoms with van der Waals surface area (Å²) >= 11 is 2.89. The first kappa shape index (κ1) is 21.5. The molecule has 0 bridgehead atoms. The van der Waals surface area contributed by atoms with Crippen molar-refractivity contribution in [2.24, 2.45) is 0 Å². The van der Waals surface area contributed by atoms with Crippen molar-refractivity contribution >= 4 is 54.2 Å². The number of hydrogen-bond acceptors (Lipinski definition) is 6. The summed E-state index contributed by atoms with van der Waals surface area (Å²) in [6.45, 7) is 0.363. The fourth-order valence-electron chi connectivity index (χ4n) is 3.14. The van der Waals surface area contributed by atoms with Crippen LogP contribution in [0.1, 0.15) is 15.9 Å². The van der Waals surface area contributed by atoms with Gasteiger partial charge in [0.1, 0.15) is 0 Å². The Morgan fingerprint density at radius 3 is 2.52 bits per heavy atom. The van der Waals surface area contributed by atoms with Crippen LogP contribution in [0.25, 0.3) is 10.2 Å². The molecule has 0 aliphatic carbocycles. The number of aromatic nitrogens is 1. The van der Waals surface area contributed by atoms with E-state index in [1.165, 1.54) is 17.6 Å². The minimum absolute atomic E-state index is 0.151. The quantitative estimate of drug-likeness (QED) is 0.361. The summed E-state index contributed by atoms with van der Waals surface area (Å²) in [5, 5.41) is 0.532. The Hall–Kier alpha value is -2.68. The van der Waals surface area contributed by atoms with Gasteiger partial charge in [0.25, 0.3) is 5.91 Å². The van der Waals surface area contributed by atoms with Crippen LogP contribution in [0.2, 0.25) is 0 Å². The Bertz CT molecular complexity index is 1350. The Labute approximate surface area is 189 Å². The van der Waals surface area contributed by atoms with Gasteiger partial charge in [0, 0.05) is 16.7 Å². The second kappa shape index (κ2) is 8.82. The third-order valence-corrected chi connectivity index (χ3v) is 7.63. The molecule has 1 amide bonds. The van der Waals surface area contributed by atoms with Crippen molar-refractivity contribution < 1.29 is 13.2 Å². The summed E-state index contributed by atoms with van der Waals surface area (Å²) in [7, 11) is -3.32. The summed E-state index contributed by atoms with van der Waals surface area (Å²) < 4.78 is 24.6. The maximum atomic E-state index is 13.5. The van der Waals surface area contributed by atoms with Gasteiger partial charge in [-0.15, -0.1) is 11.8 Å². The standard InChI is InChI=1S/C23H20N2O3S3/c1-29-18-10-6-9-17(13-18)22(26)25(15-16-7-4-3-5-8-16)23-24-20-12-11-19(31(2,27)28)14-21(20)30-23/h3-14H,15H2,1-2H3. The van der Waals surface area contributed by atoms with E-state index in [1.807, 2.05) is 54.8 Å². The average molecular weight is 469 g/mol. The molecule has 0 unspecified atom stereocenters. The number of sulfone groups is 1. The van der Waals surface area contributed by atoms with Crippen LogP contribution >= 0.6 is 23.1 Å². The van der Waals surface area contributed by atoms with Gasteiger partial charge in [0.15, 0.2) is 15.0 Å². The molecule has 0 N–H and O–H groups in total. The minimum Gasteiger partial charge on any atom is -0.279 e. The van der Waals surface area contributed by atoms with Gasteiger partial charge in [0.05, 0.1) is 21.7 Å². The first-order chi connectivity index (χ1) is 14.8. The van der Waals surface area contributed by atoms with Crippen molar-refractivity contribution in [3.8, 4) is 0 Å². The number of benzene rings is 3. The second-order valence-electron chi connectivity index (χ2n) is 7.01. The van der Waals surface area contributed by atoms with Crippen LogP contribution in [0.5, 0.6) is 0 Å². The zero-order valence-electron chi connectivity index (χ0n) is 17.0. The number of carbonyl (C=O) groups excluding carboxylic acids is 1. The van der Waals surface area contributed by atoms with E-state index in [2.05, 4.69) is 4.98 Å². The Morgan fingerprint density at radius 1 is 1.03 bits per heavy atom. The van der Waals surface area contributed by atoms with Gasteiger partial charge in [-0.25, -0.2) is 13.4 Å². The van der Waals surface area contributed by atoms with Gasteiger partial charge in [-0.05, 0) is 48.2 Å². The molecule has 0 radical (unpaired) electrons. The average Bonchev–Trinajstić information content (AvgIpc) is 3.20. The van der Waals surface area contributed by atoms with E-state index in [0.29, 0.717) is 22.8 Å². The van der Waals surface area contributed by atoms with Gasteiger partial charge >= 0.3 is 0 Å². The zero-order valence-corrected chi connectivity index (χ0v) is 19.4. The molecule has 4 aromatic rings. The highest BCUT2D eigenvalue weighted by Crippen LogP contribution is 2.32. The van der Waals surface area contributed by atoms with Crippen molar-refractivity contribution in [1.29, 1.82) is 0 Å². The van der Waals surface area contributed by atoms with Gasteiger partial charge in [-0.2, -0.15) is 0 Å². The highest BCUT2D eigenvalue weighted by atomic mass is 32.2. The summed E-state index contributed by atoms with van der Waals surface area (Å²) in [4.78, 5) is 21.1. The number of anilines is 1. The monoisotopic (exact) mass is 468 g/mol. The number of fused-ring (bicyclic) bond motifs is 1. The first-order valence-electron chi connectivity index (χ1n) is 9.45. The van der Waals surface area contributed by atoms with Crippen molar-refractivity contribution in [1.82, 2.24) is 4.98 Å². The largest absolute Gasteiger partial charge is 0.279 e. The van der Waals surface area contributed by atoms with E-state index < -0.39 is 9.84 Å². The lowest BCUT2D eigenvalue weighted by Crippen LogP contribution is -2.30. The molecule has 4 rings (SSSR count). The third kappa shape index (κ3) is 4.81. The molecule has 0 saturated carbocycles. The molecule has 5 nitrogen and oxygen atoms in total. The molecule has 0 aliphatic rings. The van der Waals surface area contributed by atoms with E-state index in [1.54, 1.807) is 40.9 Å². The van der Waals surface area contributed by atoms with E-state index in [-0.39, 0.29) is 10.8 Å². The van der Waals surface area contributed by atoms with E-state index in [9.17, 15) is 13.2 Å². The predicted octanol–water partition coefficient (Wildman–Crippen LogP) is 5.27. The second-order valence-corrected chi connectivity index (χ2v) is 10.9. The molecule has 3 aromatic carbocycles. The fourth-order valence-corrected chi connectivity index (χ4v) is 5.33. The first-order valence-corrected chi connectivity index (χ1v) is 13.4. The molecule has 0 spiro atoms. The number of hydrogen-bond donors (Lipinski definition) is 0. The van der Waals surface area contributed by atoms with E-state index in [0.717, 1.165) is 15.2 Å². The summed E-state index contributed by atoms with van der Waals surface area (Å²) in [5.74, 6) is -0.151. The Morgan fingerprint density at radius 2 is 1.81 bits per heavy atom. The van der Waals surface area contributed by atoms with Gasteiger partial charge in [-0.1, -0.05) is 47.7 Å². The molecule has 31 heavy (non-hydrogen) atoms. The summed E-state index contributed by atoms with van der Waals surface area (Å²) in [6.07, 6.45) is 3.15. The molecule has 0 aliphatic heterocycles. The lowest BCUT2D eigenvalue weighted by Gasteiger charge is -2.20. The van der Waals surface area contributed by atoms with E-state index in [4.69, 9.17) is 0 Å². The third-order valence-electron chi connectivity index (χ3n) is 4.75. The maximum absolute atomic E-state index is 13.5. The van der Waals surface area contributed by atoms with Gasteiger partial charge in [-0.3, -0.25) is 9.69 Å². The maximum Gasteiger partial charge on any atom is 0.260 e. The lowest BCUT2D eigenvalue weighted by molar-refractivity contribution is 0.0985. The van der Waals surface area contributed by atoms with E-state index >= 15 is 0 Å². The van der Waals surface area contributed by atoms with Crippen molar-refractivity contribution in [2.75, 3.05) is 17.4 Å². The summed E-state index contributed by atoms with van der Waals surface area (Å²) in [5.41, 5.74) is 2.22. The normalized spacial score (nSPS) is 11.5. The number of nitrogens with zero attached hydrogens (tertiary/aromatic N) is 2.